The van der Waals surface area contributed by atoms with E-state index in [1.54, 1.807) is 11.0 Å². The molecular formula is C21H20ClFN2O2. The fourth-order valence-corrected chi connectivity index (χ4v) is 3.93. The summed E-state index contributed by atoms with van der Waals surface area (Å²) in [4.78, 5) is 17.8. The summed E-state index contributed by atoms with van der Waals surface area (Å²) >= 11 is 6.18. The lowest BCUT2D eigenvalue weighted by atomic mass is 9.92. The molecule has 1 atom stereocenters. The molecule has 1 aliphatic heterocycles. The molecule has 140 valence electrons. The molecule has 0 bridgehead atoms. The fourth-order valence-electron chi connectivity index (χ4n) is 3.75. The molecule has 2 aromatic carbocycles. The van der Waals surface area contributed by atoms with Crippen molar-refractivity contribution in [3.05, 3.63) is 70.1 Å². The Bertz CT molecular complexity index is 1000. The molecule has 4 rings (SSSR count). The fraction of sp³-hybridized carbons (Fsp3) is 0.286. The number of carbonyl (C=O) groups is 1. The minimum Gasteiger partial charge on any atom is -0.449 e. The molecule has 3 aromatic rings. The standard InChI is InChI=1S/C21H20ClFN2O2/c1-2-10-27-21(26)25-9-8-16-17-12-14(22)6-7-18(17)24-19(16)20(25)13-4-3-5-15(23)11-13/h3-7,11-12,20,24H,2,8-10H2,1H3. The summed E-state index contributed by atoms with van der Waals surface area (Å²) in [5.41, 5.74) is 3.66. The summed E-state index contributed by atoms with van der Waals surface area (Å²) in [6.45, 7) is 2.81. The average molecular weight is 387 g/mol. The summed E-state index contributed by atoms with van der Waals surface area (Å²) in [5.74, 6) is -0.333. The zero-order chi connectivity index (χ0) is 19.0. The second-order valence-corrected chi connectivity index (χ2v) is 7.16. The van der Waals surface area contributed by atoms with Crippen LogP contribution in [0.25, 0.3) is 10.9 Å². The van der Waals surface area contributed by atoms with Gasteiger partial charge in [0.25, 0.3) is 0 Å². The number of aromatic amines is 1. The topological polar surface area (TPSA) is 45.3 Å². The van der Waals surface area contributed by atoms with Gasteiger partial charge >= 0.3 is 6.09 Å². The number of H-pyrrole nitrogens is 1. The first-order valence-electron chi connectivity index (χ1n) is 9.07. The van der Waals surface area contributed by atoms with Crippen molar-refractivity contribution in [2.45, 2.75) is 25.8 Å². The largest absolute Gasteiger partial charge is 0.449 e. The number of nitrogens with one attached hydrogen (secondary N) is 1. The van der Waals surface area contributed by atoms with Gasteiger partial charge in [-0.15, -0.1) is 0 Å². The van der Waals surface area contributed by atoms with Crippen LogP contribution in [0.3, 0.4) is 0 Å². The first-order chi connectivity index (χ1) is 13.1. The summed E-state index contributed by atoms with van der Waals surface area (Å²) in [5, 5.41) is 1.71. The van der Waals surface area contributed by atoms with Gasteiger partial charge in [-0.2, -0.15) is 0 Å². The first-order valence-corrected chi connectivity index (χ1v) is 9.45. The van der Waals surface area contributed by atoms with E-state index in [0.717, 1.165) is 28.6 Å². The number of nitrogens with zero attached hydrogens (tertiary/aromatic N) is 1. The zero-order valence-corrected chi connectivity index (χ0v) is 15.7. The number of hydrogen-bond acceptors (Lipinski definition) is 2. The molecule has 27 heavy (non-hydrogen) atoms. The quantitative estimate of drug-likeness (QED) is 0.650. The minimum atomic E-state index is -0.431. The first kappa shape index (κ1) is 17.9. The van der Waals surface area contributed by atoms with Crippen molar-refractivity contribution in [1.29, 1.82) is 0 Å². The molecule has 0 spiro atoms. The normalized spacial score (nSPS) is 16.4. The molecule has 0 aliphatic carbocycles. The lowest BCUT2D eigenvalue weighted by molar-refractivity contribution is 0.0889. The third kappa shape index (κ3) is 3.28. The van der Waals surface area contributed by atoms with E-state index in [1.165, 1.54) is 12.1 Å². The van der Waals surface area contributed by atoms with Crippen LogP contribution in [0.2, 0.25) is 5.02 Å². The van der Waals surface area contributed by atoms with Gasteiger partial charge in [-0.3, -0.25) is 4.90 Å². The SMILES string of the molecule is CCCOC(=O)N1CCc2c([nH]c3ccc(Cl)cc23)C1c1cccc(F)c1. The molecule has 4 nitrogen and oxygen atoms in total. The van der Waals surface area contributed by atoms with Crippen LogP contribution in [0.1, 0.15) is 36.2 Å². The number of hydrogen-bond donors (Lipinski definition) is 1. The van der Waals surface area contributed by atoms with Crippen molar-refractivity contribution in [2.24, 2.45) is 0 Å². The van der Waals surface area contributed by atoms with Crippen LogP contribution in [0, 0.1) is 5.82 Å². The Morgan fingerprint density at radius 1 is 1.33 bits per heavy atom. The maximum atomic E-state index is 13.9. The van der Waals surface area contributed by atoms with E-state index in [0.29, 0.717) is 30.2 Å². The Morgan fingerprint density at radius 3 is 2.96 bits per heavy atom. The highest BCUT2D eigenvalue weighted by Gasteiger charge is 2.35. The van der Waals surface area contributed by atoms with Crippen molar-refractivity contribution in [3.8, 4) is 0 Å². The number of fused-ring (bicyclic) bond motifs is 3. The zero-order valence-electron chi connectivity index (χ0n) is 15.0. The van der Waals surface area contributed by atoms with Crippen LogP contribution in [-0.2, 0) is 11.2 Å². The van der Waals surface area contributed by atoms with Gasteiger partial charge in [0.1, 0.15) is 11.9 Å². The Morgan fingerprint density at radius 2 is 2.19 bits per heavy atom. The maximum Gasteiger partial charge on any atom is 0.410 e. The lowest BCUT2D eigenvalue weighted by Crippen LogP contribution is -2.41. The molecule has 2 heterocycles. The summed E-state index contributed by atoms with van der Waals surface area (Å²) in [7, 11) is 0. The van der Waals surface area contributed by atoms with Crippen molar-refractivity contribution < 1.29 is 13.9 Å². The number of aromatic nitrogens is 1. The average Bonchev–Trinajstić information content (AvgIpc) is 3.03. The van der Waals surface area contributed by atoms with Crippen LogP contribution in [-0.4, -0.2) is 29.1 Å². The van der Waals surface area contributed by atoms with Crippen LogP contribution in [0.4, 0.5) is 9.18 Å². The number of carbonyl (C=O) groups excluding carboxylic acids is 1. The Hall–Kier alpha value is -2.53. The van der Waals surface area contributed by atoms with E-state index in [4.69, 9.17) is 16.3 Å². The van der Waals surface area contributed by atoms with Crippen molar-refractivity contribution in [3.63, 3.8) is 0 Å². The van der Waals surface area contributed by atoms with Crippen LogP contribution in [0.15, 0.2) is 42.5 Å². The van der Waals surface area contributed by atoms with E-state index >= 15 is 0 Å². The van der Waals surface area contributed by atoms with Gasteiger partial charge in [0.05, 0.1) is 6.61 Å². The Balaban J connectivity index is 1.85. The number of benzene rings is 2. The lowest BCUT2D eigenvalue weighted by Gasteiger charge is -2.35. The molecular weight excluding hydrogens is 367 g/mol. The highest BCUT2D eigenvalue weighted by Crippen LogP contribution is 2.39. The minimum absolute atomic E-state index is 0.333. The van der Waals surface area contributed by atoms with Gasteiger partial charge in [0, 0.05) is 28.2 Å². The van der Waals surface area contributed by atoms with Crippen molar-refractivity contribution in [1.82, 2.24) is 9.88 Å². The third-order valence-corrected chi connectivity index (χ3v) is 5.15. The van der Waals surface area contributed by atoms with E-state index in [2.05, 4.69) is 4.98 Å². The van der Waals surface area contributed by atoms with Crippen LogP contribution in [0.5, 0.6) is 0 Å². The molecule has 0 radical (unpaired) electrons. The maximum absolute atomic E-state index is 13.9. The van der Waals surface area contributed by atoms with Gasteiger partial charge in [0.2, 0.25) is 0 Å². The molecule has 1 aliphatic rings. The molecule has 1 aromatic heterocycles. The predicted octanol–water partition coefficient (Wildman–Crippen LogP) is 5.45. The smallest absolute Gasteiger partial charge is 0.410 e. The third-order valence-electron chi connectivity index (χ3n) is 4.92. The molecule has 1 N–H and O–H groups in total. The number of amides is 1. The number of rotatable bonds is 3. The van der Waals surface area contributed by atoms with Gasteiger partial charge in [-0.1, -0.05) is 30.7 Å². The van der Waals surface area contributed by atoms with E-state index in [-0.39, 0.29) is 11.9 Å². The second-order valence-electron chi connectivity index (χ2n) is 6.72. The van der Waals surface area contributed by atoms with Crippen LogP contribution >= 0.6 is 11.6 Å². The van der Waals surface area contributed by atoms with E-state index < -0.39 is 6.04 Å². The second kappa shape index (κ2) is 7.24. The van der Waals surface area contributed by atoms with Gasteiger partial charge < -0.3 is 9.72 Å². The molecule has 1 amide bonds. The van der Waals surface area contributed by atoms with Gasteiger partial charge in [0.15, 0.2) is 0 Å². The Labute approximate surface area is 161 Å². The summed E-state index contributed by atoms with van der Waals surface area (Å²) in [6, 6.07) is 11.6. The monoisotopic (exact) mass is 386 g/mol. The van der Waals surface area contributed by atoms with Gasteiger partial charge in [-0.05, 0) is 54.3 Å². The van der Waals surface area contributed by atoms with Crippen molar-refractivity contribution in [2.75, 3.05) is 13.2 Å². The van der Waals surface area contributed by atoms with Crippen LogP contribution < -0.4 is 0 Å². The van der Waals surface area contributed by atoms with Gasteiger partial charge in [-0.25, -0.2) is 9.18 Å². The van der Waals surface area contributed by atoms with Crippen molar-refractivity contribution >= 4 is 28.6 Å². The number of halogens is 2. The summed E-state index contributed by atoms with van der Waals surface area (Å²) < 4.78 is 19.3. The molecule has 0 fully saturated rings. The Kier molecular flexibility index (Phi) is 4.79. The summed E-state index contributed by atoms with van der Waals surface area (Å²) in [6.07, 6.45) is 1.05. The number of ether oxygens (including phenoxy) is 1. The predicted molar refractivity (Wildman–Crippen MR) is 104 cm³/mol. The molecule has 1 unspecified atom stereocenters. The highest BCUT2D eigenvalue weighted by atomic mass is 35.5. The van der Waals surface area contributed by atoms with E-state index in [1.807, 2.05) is 31.2 Å². The highest BCUT2D eigenvalue weighted by molar-refractivity contribution is 6.31. The molecule has 0 saturated carbocycles. The van der Waals surface area contributed by atoms with E-state index in [9.17, 15) is 9.18 Å². The molecule has 0 saturated heterocycles. The molecule has 6 heteroatoms.